The summed E-state index contributed by atoms with van der Waals surface area (Å²) < 4.78 is 2.13. The SMILES string of the molecule is Cc1cccc(-c2cn(-c3ccccc3)c(-c3[c-]cccc3)n2)c1.[Ir].[c-]1ccccc1-c1ccccn1. The van der Waals surface area contributed by atoms with Crippen molar-refractivity contribution < 1.29 is 20.1 Å². The van der Waals surface area contributed by atoms with E-state index in [1.165, 1.54) is 5.56 Å². The van der Waals surface area contributed by atoms with Crippen LogP contribution in [0, 0.1) is 19.1 Å². The van der Waals surface area contributed by atoms with E-state index < -0.39 is 0 Å². The number of rotatable bonds is 4. The van der Waals surface area contributed by atoms with E-state index in [4.69, 9.17) is 4.98 Å². The van der Waals surface area contributed by atoms with Crippen LogP contribution in [0.5, 0.6) is 0 Å². The van der Waals surface area contributed by atoms with Crippen molar-refractivity contribution in [2.75, 3.05) is 0 Å². The molecule has 0 amide bonds. The van der Waals surface area contributed by atoms with Gasteiger partial charge in [-0.15, -0.1) is 71.8 Å². The molecule has 0 saturated heterocycles. The van der Waals surface area contributed by atoms with Crippen molar-refractivity contribution in [1.29, 1.82) is 0 Å². The van der Waals surface area contributed by atoms with E-state index in [1.54, 1.807) is 6.20 Å². The van der Waals surface area contributed by atoms with E-state index in [0.29, 0.717) is 0 Å². The molecule has 6 rings (SSSR count). The number of aromatic nitrogens is 3. The fourth-order valence-corrected chi connectivity index (χ4v) is 3.91. The zero-order chi connectivity index (χ0) is 24.6. The van der Waals surface area contributed by atoms with Crippen LogP contribution in [0.4, 0.5) is 0 Å². The van der Waals surface area contributed by atoms with Gasteiger partial charge in [-0.05, 0) is 36.9 Å². The fourth-order valence-electron chi connectivity index (χ4n) is 3.91. The third-order valence-corrected chi connectivity index (χ3v) is 5.65. The largest absolute Gasteiger partial charge is 0.339 e. The predicted molar refractivity (Wildman–Crippen MR) is 147 cm³/mol. The molecule has 4 heteroatoms. The number of imidazole rings is 1. The molecule has 0 bridgehead atoms. The fraction of sp³-hybridized carbons (Fsp3) is 0.0303. The summed E-state index contributed by atoms with van der Waals surface area (Å²) in [4.78, 5) is 9.12. The quantitative estimate of drug-likeness (QED) is 0.181. The van der Waals surface area contributed by atoms with Gasteiger partial charge in [0.25, 0.3) is 0 Å². The van der Waals surface area contributed by atoms with Gasteiger partial charge in [-0.25, -0.2) is 0 Å². The minimum atomic E-state index is 0. The van der Waals surface area contributed by atoms with Gasteiger partial charge in [-0.2, -0.15) is 0 Å². The molecule has 0 aliphatic rings. The monoisotopic (exact) mass is 656 g/mol. The molecule has 0 atom stereocenters. The van der Waals surface area contributed by atoms with Crippen molar-refractivity contribution in [2.24, 2.45) is 0 Å². The first-order valence-electron chi connectivity index (χ1n) is 11.8. The van der Waals surface area contributed by atoms with Gasteiger partial charge in [0.15, 0.2) is 0 Å². The zero-order valence-corrected chi connectivity index (χ0v) is 22.8. The molecule has 183 valence electrons. The van der Waals surface area contributed by atoms with E-state index in [-0.39, 0.29) is 20.1 Å². The first-order chi connectivity index (χ1) is 17.8. The minimum Gasteiger partial charge on any atom is -0.339 e. The normalized spacial score (nSPS) is 10.1. The first kappa shape index (κ1) is 26.0. The van der Waals surface area contributed by atoms with E-state index in [9.17, 15) is 0 Å². The van der Waals surface area contributed by atoms with Crippen LogP contribution >= 0.6 is 0 Å². The standard InChI is InChI=1S/C22H17N2.C11H8N.Ir/c1-17-9-8-12-19(15-17)21-16-24(20-13-6-3-7-14-20)22(23-21)18-10-4-2-5-11-18;1-2-6-10(7-3-1)11-8-4-5-9-12-11;/h2-10,12-16H,1H3;1-6,8-9H;/q2*-1;. The van der Waals surface area contributed by atoms with Gasteiger partial charge in [0.1, 0.15) is 0 Å². The summed E-state index contributed by atoms with van der Waals surface area (Å²) in [5.41, 5.74) is 7.42. The Morgan fingerprint density at radius 3 is 2.00 bits per heavy atom. The minimum absolute atomic E-state index is 0. The van der Waals surface area contributed by atoms with Crippen LogP contribution in [0.2, 0.25) is 0 Å². The molecule has 2 heterocycles. The van der Waals surface area contributed by atoms with Gasteiger partial charge in [0.05, 0.1) is 11.5 Å². The Kier molecular flexibility index (Phi) is 8.93. The van der Waals surface area contributed by atoms with Crippen LogP contribution in [-0.4, -0.2) is 14.5 Å². The second kappa shape index (κ2) is 12.7. The van der Waals surface area contributed by atoms with Gasteiger partial charge in [0.2, 0.25) is 0 Å². The van der Waals surface area contributed by atoms with E-state index >= 15 is 0 Å². The summed E-state index contributed by atoms with van der Waals surface area (Å²) in [5.74, 6) is 0.901. The summed E-state index contributed by atoms with van der Waals surface area (Å²) >= 11 is 0. The van der Waals surface area contributed by atoms with Crippen molar-refractivity contribution in [3.05, 3.63) is 151 Å². The summed E-state index contributed by atoms with van der Waals surface area (Å²) in [6, 6.07) is 46.8. The van der Waals surface area contributed by atoms with Crippen LogP contribution in [-0.2, 0) is 20.1 Å². The average Bonchev–Trinajstić information content (AvgIpc) is 3.41. The van der Waals surface area contributed by atoms with E-state index in [0.717, 1.165) is 39.6 Å². The van der Waals surface area contributed by atoms with Gasteiger partial charge in [0, 0.05) is 43.7 Å². The maximum Gasteiger partial charge on any atom is 0.0771 e. The molecule has 2 aromatic heterocycles. The van der Waals surface area contributed by atoms with Crippen molar-refractivity contribution >= 4 is 0 Å². The molecule has 1 radical (unpaired) electrons. The molecule has 37 heavy (non-hydrogen) atoms. The summed E-state index contributed by atoms with van der Waals surface area (Å²) in [5, 5.41) is 0. The van der Waals surface area contributed by atoms with Gasteiger partial charge >= 0.3 is 0 Å². The maximum atomic E-state index is 4.90. The summed E-state index contributed by atoms with van der Waals surface area (Å²) in [6.07, 6.45) is 3.89. The van der Waals surface area contributed by atoms with Gasteiger partial charge in [-0.1, -0.05) is 54.1 Å². The zero-order valence-electron chi connectivity index (χ0n) is 20.4. The molecular weight excluding hydrogens is 631 g/mol. The molecular formula is C33H25IrN3-2. The molecule has 0 saturated carbocycles. The molecule has 0 aliphatic heterocycles. The Bertz CT molecular complexity index is 1420. The van der Waals surface area contributed by atoms with Crippen LogP contribution in [0.25, 0.3) is 39.6 Å². The Morgan fingerprint density at radius 1 is 0.649 bits per heavy atom. The number of benzene rings is 4. The van der Waals surface area contributed by atoms with Crippen LogP contribution in [0.3, 0.4) is 0 Å². The molecule has 0 spiro atoms. The molecule has 6 aromatic rings. The number of hydrogen-bond acceptors (Lipinski definition) is 2. The van der Waals surface area contributed by atoms with Gasteiger partial charge < -0.3 is 9.55 Å². The average molecular weight is 656 g/mol. The number of nitrogens with zero attached hydrogens (tertiary/aromatic N) is 3. The van der Waals surface area contributed by atoms with Crippen molar-refractivity contribution in [3.63, 3.8) is 0 Å². The van der Waals surface area contributed by atoms with E-state index in [1.807, 2.05) is 84.9 Å². The topological polar surface area (TPSA) is 30.7 Å². The number of hydrogen-bond donors (Lipinski definition) is 0. The number of para-hydroxylation sites is 1. The second-order valence-electron chi connectivity index (χ2n) is 8.29. The number of pyridine rings is 1. The molecule has 0 aliphatic carbocycles. The number of aryl methyl sites for hydroxylation is 1. The third kappa shape index (κ3) is 6.56. The van der Waals surface area contributed by atoms with Crippen LogP contribution in [0.1, 0.15) is 5.56 Å². The van der Waals surface area contributed by atoms with Crippen molar-refractivity contribution in [2.45, 2.75) is 6.92 Å². The Hall–Kier alpha value is -4.11. The van der Waals surface area contributed by atoms with Crippen molar-refractivity contribution in [3.8, 4) is 39.6 Å². The Balaban J connectivity index is 0.000000208. The Morgan fingerprint density at radius 2 is 1.35 bits per heavy atom. The molecule has 0 N–H and O–H groups in total. The second-order valence-corrected chi connectivity index (χ2v) is 8.29. The molecule has 0 fully saturated rings. The van der Waals surface area contributed by atoms with Crippen LogP contribution in [0.15, 0.2) is 134 Å². The molecule has 4 aromatic carbocycles. The summed E-state index contributed by atoms with van der Waals surface area (Å²) in [7, 11) is 0. The summed E-state index contributed by atoms with van der Waals surface area (Å²) in [6.45, 7) is 2.10. The Labute approximate surface area is 231 Å². The maximum absolute atomic E-state index is 4.90. The smallest absolute Gasteiger partial charge is 0.0771 e. The van der Waals surface area contributed by atoms with E-state index in [2.05, 4.69) is 71.2 Å². The first-order valence-corrected chi connectivity index (χ1v) is 11.8. The van der Waals surface area contributed by atoms with Crippen molar-refractivity contribution in [1.82, 2.24) is 14.5 Å². The predicted octanol–water partition coefficient (Wildman–Crippen LogP) is 7.86. The third-order valence-electron chi connectivity index (χ3n) is 5.65. The molecule has 3 nitrogen and oxygen atoms in total. The van der Waals surface area contributed by atoms with Gasteiger partial charge in [-0.3, -0.25) is 4.98 Å². The van der Waals surface area contributed by atoms with Crippen LogP contribution < -0.4 is 0 Å². The molecule has 0 unspecified atom stereocenters.